The van der Waals surface area contributed by atoms with Gasteiger partial charge in [-0.3, -0.25) is 9.59 Å². The number of halogens is 1. The highest BCUT2D eigenvalue weighted by molar-refractivity contribution is 9.10. The molecular weight excluding hydrogens is 510 g/mol. The Morgan fingerprint density at radius 2 is 1.85 bits per heavy atom. The summed E-state index contributed by atoms with van der Waals surface area (Å²) in [6.45, 7) is 2.06. The number of rotatable bonds is 10. The topological polar surface area (TPSA) is 118 Å². The maximum Gasteiger partial charge on any atom is 0.251 e. The predicted molar refractivity (Wildman–Crippen MR) is 129 cm³/mol. The van der Waals surface area contributed by atoms with Gasteiger partial charge in [0.1, 0.15) is 11.8 Å². The Bertz CT molecular complexity index is 1090. The van der Waals surface area contributed by atoms with Crippen molar-refractivity contribution in [2.45, 2.75) is 24.7 Å². The molecule has 3 aromatic rings. The molecule has 0 saturated carbocycles. The first-order valence-electron chi connectivity index (χ1n) is 10.1. The van der Waals surface area contributed by atoms with Crippen LogP contribution in [-0.2, 0) is 11.3 Å². The van der Waals surface area contributed by atoms with Crippen molar-refractivity contribution in [2.24, 2.45) is 0 Å². The van der Waals surface area contributed by atoms with Crippen LogP contribution in [0.25, 0.3) is 0 Å². The van der Waals surface area contributed by atoms with Gasteiger partial charge in [-0.2, -0.15) is 0 Å². The summed E-state index contributed by atoms with van der Waals surface area (Å²) in [5.41, 5.74) is 1.12. The third-order valence-electron chi connectivity index (χ3n) is 4.67. The summed E-state index contributed by atoms with van der Waals surface area (Å²) in [6, 6.07) is 13.2. The minimum atomic E-state index is -0.752. The number of aliphatic hydroxyl groups excluding tert-OH is 1. The molecule has 0 radical (unpaired) electrons. The third-order valence-corrected chi connectivity index (χ3v) is 6.17. The number of nitrogens with zero attached hydrogens (tertiary/aromatic N) is 3. The van der Waals surface area contributed by atoms with Crippen LogP contribution in [0.15, 0.2) is 58.2 Å². The Balaban J connectivity index is 1.65. The van der Waals surface area contributed by atoms with Crippen molar-refractivity contribution < 1.29 is 19.4 Å². The Hall–Kier alpha value is -2.89. The largest absolute Gasteiger partial charge is 0.497 e. The van der Waals surface area contributed by atoms with Gasteiger partial charge in [-0.1, -0.05) is 27.7 Å². The lowest BCUT2D eigenvalue weighted by Crippen LogP contribution is -2.32. The zero-order chi connectivity index (χ0) is 23.8. The SMILES string of the molecule is CCn1c(SCC(=O)Nc2ccc(Br)cc2)nnc1C(CO)NC(=O)c1ccc(OC)cc1. The molecule has 1 aromatic heterocycles. The molecule has 0 saturated heterocycles. The van der Waals surface area contributed by atoms with E-state index in [1.807, 2.05) is 19.1 Å². The number of thioether (sulfide) groups is 1. The van der Waals surface area contributed by atoms with E-state index in [0.29, 0.717) is 34.5 Å². The normalized spacial score (nSPS) is 11.6. The minimum absolute atomic E-state index is 0.135. The number of amides is 2. The number of aliphatic hydroxyl groups is 1. The second-order valence-electron chi connectivity index (χ2n) is 6.87. The van der Waals surface area contributed by atoms with Crippen molar-refractivity contribution in [3.8, 4) is 5.75 Å². The lowest BCUT2D eigenvalue weighted by molar-refractivity contribution is -0.113. The van der Waals surface area contributed by atoms with Gasteiger partial charge in [-0.15, -0.1) is 10.2 Å². The highest BCUT2D eigenvalue weighted by Gasteiger charge is 2.23. The molecule has 9 nitrogen and oxygen atoms in total. The number of hydrogen-bond acceptors (Lipinski definition) is 7. The zero-order valence-corrected chi connectivity index (χ0v) is 20.5. The Labute approximate surface area is 204 Å². The van der Waals surface area contributed by atoms with Crippen LogP contribution < -0.4 is 15.4 Å². The Kier molecular flexibility index (Phi) is 8.87. The molecule has 2 aromatic carbocycles. The van der Waals surface area contributed by atoms with Crippen molar-refractivity contribution in [3.63, 3.8) is 0 Å². The molecule has 1 unspecified atom stereocenters. The van der Waals surface area contributed by atoms with Gasteiger partial charge in [-0.05, 0) is 55.5 Å². The molecule has 3 rings (SSSR count). The van der Waals surface area contributed by atoms with Gasteiger partial charge in [-0.25, -0.2) is 0 Å². The van der Waals surface area contributed by atoms with Crippen LogP contribution in [0.2, 0.25) is 0 Å². The van der Waals surface area contributed by atoms with Crippen molar-refractivity contribution in [3.05, 3.63) is 64.4 Å². The van der Waals surface area contributed by atoms with Crippen LogP contribution in [0.1, 0.15) is 29.1 Å². The molecule has 0 spiro atoms. The quantitative estimate of drug-likeness (QED) is 0.342. The molecule has 174 valence electrons. The number of ether oxygens (including phenoxy) is 1. The maximum absolute atomic E-state index is 12.6. The Morgan fingerprint density at radius 1 is 1.15 bits per heavy atom. The summed E-state index contributed by atoms with van der Waals surface area (Å²) in [4.78, 5) is 24.9. The molecule has 33 heavy (non-hydrogen) atoms. The standard InChI is InChI=1S/C22H24BrN5O4S/c1-3-28-20(18(12-29)25-21(31)14-4-10-17(32-2)11-5-14)26-27-22(28)33-13-19(30)24-16-8-6-15(23)7-9-16/h4-11,18,29H,3,12-13H2,1-2H3,(H,24,30)(H,25,31). The average Bonchev–Trinajstić information content (AvgIpc) is 3.25. The molecule has 11 heteroatoms. The van der Waals surface area contributed by atoms with E-state index >= 15 is 0 Å². The third kappa shape index (κ3) is 6.56. The number of anilines is 1. The summed E-state index contributed by atoms with van der Waals surface area (Å²) >= 11 is 4.59. The van der Waals surface area contributed by atoms with Crippen LogP contribution in [0.5, 0.6) is 5.75 Å². The second-order valence-corrected chi connectivity index (χ2v) is 8.72. The van der Waals surface area contributed by atoms with Crippen molar-refractivity contribution in [2.75, 3.05) is 24.8 Å². The zero-order valence-electron chi connectivity index (χ0n) is 18.1. The van der Waals surface area contributed by atoms with Gasteiger partial charge < -0.3 is 25.0 Å². The molecule has 0 bridgehead atoms. The van der Waals surface area contributed by atoms with Gasteiger partial charge in [0.2, 0.25) is 5.91 Å². The monoisotopic (exact) mass is 533 g/mol. The first-order chi connectivity index (χ1) is 15.9. The van der Waals surface area contributed by atoms with Crippen LogP contribution in [0.4, 0.5) is 5.69 Å². The van der Waals surface area contributed by atoms with Crippen molar-refractivity contribution in [1.29, 1.82) is 0 Å². The second kappa shape index (κ2) is 11.8. The molecule has 3 N–H and O–H groups in total. The number of nitrogens with one attached hydrogen (secondary N) is 2. The van der Waals surface area contributed by atoms with Crippen molar-refractivity contribution in [1.82, 2.24) is 20.1 Å². The number of methoxy groups -OCH3 is 1. The van der Waals surface area contributed by atoms with Gasteiger partial charge in [0.25, 0.3) is 5.91 Å². The molecular formula is C22H24BrN5O4S. The van der Waals surface area contributed by atoms with Crippen LogP contribution in [-0.4, -0.2) is 51.2 Å². The Morgan fingerprint density at radius 3 is 2.45 bits per heavy atom. The van der Waals surface area contributed by atoms with E-state index in [2.05, 4.69) is 36.8 Å². The number of hydrogen-bond donors (Lipinski definition) is 3. The molecule has 0 aliphatic rings. The van der Waals surface area contributed by atoms with Crippen LogP contribution in [0, 0.1) is 0 Å². The molecule has 0 aliphatic heterocycles. The highest BCUT2D eigenvalue weighted by atomic mass is 79.9. The van der Waals surface area contributed by atoms with E-state index in [-0.39, 0.29) is 24.2 Å². The minimum Gasteiger partial charge on any atom is -0.497 e. The van der Waals surface area contributed by atoms with Gasteiger partial charge in [0.15, 0.2) is 11.0 Å². The summed E-state index contributed by atoms with van der Waals surface area (Å²) in [5.74, 6) is 0.655. The fourth-order valence-corrected chi connectivity index (χ4v) is 4.07. The molecule has 1 atom stereocenters. The van der Waals surface area contributed by atoms with E-state index in [9.17, 15) is 14.7 Å². The first-order valence-corrected chi connectivity index (χ1v) is 11.9. The summed E-state index contributed by atoms with van der Waals surface area (Å²) < 4.78 is 7.80. The van der Waals surface area contributed by atoms with E-state index in [1.165, 1.54) is 11.8 Å². The molecule has 0 aliphatic carbocycles. The van der Waals surface area contributed by atoms with E-state index < -0.39 is 6.04 Å². The first kappa shape index (κ1) is 24.7. The van der Waals surface area contributed by atoms with Crippen LogP contribution in [0.3, 0.4) is 0 Å². The highest BCUT2D eigenvalue weighted by Crippen LogP contribution is 2.22. The van der Waals surface area contributed by atoms with Gasteiger partial charge >= 0.3 is 0 Å². The van der Waals surface area contributed by atoms with Crippen molar-refractivity contribution >= 4 is 45.2 Å². The van der Waals surface area contributed by atoms with E-state index in [0.717, 1.165) is 4.47 Å². The fourth-order valence-electron chi connectivity index (χ4n) is 3.00. The maximum atomic E-state index is 12.6. The number of aromatic nitrogens is 3. The number of carbonyl (C=O) groups excluding carboxylic acids is 2. The number of carbonyl (C=O) groups is 2. The average molecular weight is 534 g/mol. The smallest absolute Gasteiger partial charge is 0.251 e. The van der Waals surface area contributed by atoms with Gasteiger partial charge in [0.05, 0.1) is 19.5 Å². The predicted octanol–water partition coefficient (Wildman–Crippen LogP) is 3.26. The lowest BCUT2D eigenvalue weighted by Gasteiger charge is -2.17. The summed E-state index contributed by atoms with van der Waals surface area (Å²) in [7, 11) is 1.55. The molecule has 2 amide bonds. The van der Waals surface area contributed by atoms with Gasteiger partial charge in [0, 0.05) is 22.3 Å². The summed E-state index contributed by atoms with van der Waals surface area (Å²) in [5, 5.41) is 24.4. The fraction of sp³-hybridized carbons (Fsp3) is 0.273. The van der Waals surface area contributed by atoms with Crippen LogP contribution >= 0.6 is 27.7 Å². The van der Waals surface area contributed by atoms with E-state index in [1.54, 1.807) is 48.1 Å². The van der Waals surface area contributed by atoms with E-state index in [4.69, 9.17) is 4.74 Å². The molecule has 0 fully saturated rings. The summed E-state index contributed by atoms with van der Waals surface area (Å²) in [6.07, 6.45) is 0. The molecule has 1 heterocycles. The lowest BCUT2D eigenvalue weighted by atomic mass is 10.2. The number of benzene rings is 2.